The normalized spacial score (nSPS) is 11.2. The van der Waals surface area contributed by atoms with Crippen LogP contribution in [0.15, 0.2) is 42.5 Å². The summed E-state index contributed by atoms with van der Waals surface area (Å²) in [5.74, 6) is -0.0827. The van der Waals surface area contributed by atoms with E-state index in [1.807, 2.05) is 32.0 Å². The van der Waals surface area contributed by atoms with Gasteiger partial charge in [-0.2, -0.15) is 0 Å². The number of aryl methyl sites for hydroxylation is 2. The summed E-state index contributed by atoms with van der Waals surface area (Å²) >= 11 is 0. The van der Waals surface area contributed by atoms with Crippen molar-refractivity contribution >= 4 is 21.6 Å². The molecule has 0 N–H and O–H groups in total. The van der Waals surface area contributed by atoms with E-state index in [0.717, 1.165) is 16.7 Å². The third-order valence-electron chi connectivity index (χ3n) is 4.11. The summed E-state index contributed by atoms with van der Waals surface area (Å²) in [6.45, 7) is 4.17. The molecule has 0 fully saturated rings. The third kappa shape index (κ3) is 4.60. The van der Waals surface area contributed by atoms with Gasteiger partial charge in [0.2, 0.25) is 10.0 Å². The van der Waals surface area contributed by atoms with Crippen LogP contribution in [0.4, 0.5) is 5.69 Å². The van der Waals surface area contributed by atoms with Crippen molar-refractivity contribution in [2.45, 2.75) is 20.4 Å². The van der Waals surface area contributed by atoms with Crippen molar-refractivity contribution in [2.24, 2.45) is 0 Å². The third-order valence-corrected chi connectivity index (χ3v) is 5.25. The average molecular weight is 360 g/mol. The Morgan fingerprint density at radius 3 is 2.04 bits per heavy atom. The van der Waals surface area contributed by atoms with Crippen LogP contribution in [-0.2, 0) is 16.6 Å². The summed E-state index contributed by atoms with van der Waals surface area (Å²) in [5, 5.41) is 0. The second-order valence-corrected chi connectivity index (χ2v) is 8.34. The standard InChI is InChI=1S/C19H24N2O3S/c1-14-6-11-18(12-15(14)2)21(25(5,23)24)13-16-7-9-17(10-8-16)19(22)20(3)4/h6-12H,13H2,1-5H3. The Balaban J connectivity index is 2.32. The number of rotatable bonds is 5. The van der Waals surface area contributed by atoms with Crippen LogP contribution in [0.1, 0.15) is 27.0 Å². The van der Waals surface area contributed by atoms with Gasteiger partial charge in [-0.1, -0.05) is 18.2 Å². The zero-order chi connectivity index (χ0) is 18.8. The first kappa shape index (κ1) is 19.0. The van der Waals surface area contributed by atoms with E-state index in [9.17, 15) is 13.2 Å². The molecular weight excluding hydrogens is 336 g/mol. The first-order valence-corrected chi connectivity index (χ1v) is 9.80. The van der Waals surface area contributed by atoms with Crippen LogP contribution in [0.3, 0.4) is 0 Å². The molecule has 0 aliphatic carbocycles. The maximum absolute atomic E-state index is 12.3. The Labute approximate surface area is 149 Å². The summed E-state index contributed by atoms with van der Waals surface area (Å²) in [4.78, 5) is 13.5. The monoisotopic (exact) mass is 360 g/mol. The highest BCUT2D eigenvalue weighted by molar-refractivity contribution is 7.92. The van der Waals surface area contributed by atoms with Gasteiger partial charge in [0.25, 0.3) is 5.91 Å². The van der Waals surface area contributed by atoms with Crippen molar-refractivity contribution < 1.29 is 13.2 Å². The van der Waals surface area contributed by atoms with Gasteiger partial charge in [-0.15, -0.1) is 0 Å². The highest BCUT2D eigenvalue weighted by atomic mass is 32.2. The van der Waals surface area contributed by atoms with Crippen LogP contribution in [0, 0.1) is 13.8 Å². The van der Waals surface area contributed by atoms with Crippen LogP contribution in [0.5, 0.6) is 0 Å². The van der Waals surface area contributed by atoms with Crippen molar-refractivity contribution in [3.05, 3.63) is 64.7 Å². The molecule has 25 heavy (non-hydrogen) atoms. The van der Waals surface area contributed by atoms with E-state index >= 15 is 0 Å². The molecule has 2 aromatic rings. The van der Waals surface area contributed by atoms with Gasteiger partial charge in [0.15, 0.2) is 0 Å². The van der Waals surface area contributed by atoms with Gasteiger partial charge in [-0.05, 0) is 54.8 Å². The first-order chi connectivity index (χ1) is 11.6. The highest BCUT2D eigenvalue weighted by Crippen LogP contribution is 2.23. The van der Waals surface area contributed by atoms with E-state index in [4.69, 9.17) is 0 Å². The van der Waals surface area contributed by atoms with Gasteiger partial charge in [-0.25, -0.2) is 8.42 Å². The molecule has 0 atom stereocenters. The molecule has 0 aromatic heterocycles. The van der Waals surface area contributed by atoms with Crippen LogP contribution in [-0.4, -0.2) is 39.6 Å². The number of carbonyl (C=O) groups excluding carboxylic acids is 1. The summed E-state index contributed by atoms with van der Waals surface area (Å²) in [7, 11) is -0.0359. The lowest BCUT2D eigenvalue weighted by Crippen LogP contribution is -2.29. The van der Waals surface area contributed by atoms with Crippen LogP contribution in [0.25, 0.3) is 0 Å². The Morgan fingerprint density at radius 1 is 0.960 bits per heavy atom. The van der Waals surface area contributed by atoms with E-state index in [0.29, 0.717) is 11.3 Å². The van der Waals surface area contributed by atoms with Gasteiger partial charge in [0.05, 0.1) is 18.5 Å². The van der Waals surface area contributed by atoms with Crippen LogP contribution < -0.4 is 4.31 Å². The summed E-state index contributed by atoms with van der Waals surface area (Å²) < 4.78 is 25.9. The molecule has 1 amide bonds. The number of anilines is 1. The van der Waals surface area contributed by atoms with E-state index in [1.165, 1.54) is 15.5 Å². The molecule has 2 rings (SSSR count). The number of amides is 1. The smallest absolute Gasteiger partial charge is 0.253 e. The lowest BCUT2D eigenvalue weighted by atomic mass is 10.1. The molecule has 134 valence electrons. The molecule has 0 heterocycles. The Hall–Kier alpha value is -2.34. The second kappa shape index (κ2) is 7.27. The van der Waals surface area contributed by atoms with Crippen LogP contribution >= 0.6 is 0 Å². The highest BCUT2D eigenvalue weighted by Gasteiger charge is 2.18. The zero-order valence-corrected chi connectivity index (χ0v) is 16.1. The number of carbonyl (C=O) groups is 1. The maximum Gasteiger partial charge on any atom is 0.253 e. The molecular formula is C19H24N2O3S. The fourth-order valence-electron chi connectivity index (χ4n) is 2.46. The molecule has 0 spiro atoms. The number of nitrogens with zero attached hydrogens (tertiary/aromatic N) is 2. The predicted octanol–water partition coefficient (Wildman–Crippen LogP) is 2.97. The van der Waals surface area contributed by atoms with Crippen molar-refractivity contribution in [3.8, 4) is 0 Å². The molecule has 0 saturated heterocycles. The Bertz CT molecular complexity index is 872. The minimum atomic E-state index is -3.43. The minimum Gasteiger partial charge on any atom is -0.345 e. The summed E-state index contributed by atoms with van der Waals surface area (Å²) in [5.41, 5.74) is 4.19. The Morgan fingerprint density at radius 2 is 1.56 bits per heavy atom. The van der Waals surface area contributed by atoms with E-state index in [1.54, 1.807) is 38.4 Å². The largest absolute Gasteiger partial charge is 0.345 e. The van der Waals surface area contributed by atoms with E-state index in [2.05, 4.69) is 0 Å². The lowest BCUT2D eigenvalue weighted by molar-refractivity contribution is 0.0827. The second-order valence-electron chi connectivity index (χ2n) is 6.43. The van der Waals surface area contributed by atoms with Gasteiger partial charge in [-0.3, -0.25) is 9.10 Å². The predicted molar refractivity (Wildman–Crippen MR) is 101 cm³/mol. The quantitative estimate of drug-likeness (QED) is 0.824. The molecule has 0 bridgehead atoms. The van der Waals surface area contributed by atoms with E-state index in [-0.39, 0.29) is 12.5 Å². The van der Waals surface area contributed by atoms with Crippen LogP contribution in [0.2, 0.25) is 0 Å². The summed E-state index contributed by atoms with van der Waals surface area (Å²) in [6.07, 6.45) is 1.20. The number of hydrogen-bond donors (Lipinski definition) is 0. The van der Waals surface area contributed by atoms with Gasteiger partial charge < -0.3 is 4.90 Å². The number of hydrogen-bond acceptors (Lipinski definition) is 3. The van der Waals surface area contributed by atoms with Gasteiger partial charge in [0, 0.05) is 19.7 Å². The molecule has 0 unspecified atom stereocenters. The van der Waals surface area contributed by atoms with E-state index < -0.39 is 10.0 Å². The first-order valence-electron chi connectivity index (χ1n) is 7.95. The molecule has 2 aromatic carbocycles. The number of benzene rings is 2. The van der Waals surface area contributed by atoms with Crippen molar-refractivity contribution in [3.63, 3.8) is 0 Å². The topological polar surface area (TPSA) is 57.7 Å². The molecule has 0 radical (unpaired) electrons. The molecule has 6 heteroatoms. The molecule has 0 aliphatic heterocycles. The number of sulfonamides is 1. The fraction of sp³-hybridized carbons (Fsp3) is 0.316. The maximum atomic E-state index is 12.3. The van der Waals surface area contributed by atoms with Crippen molar-refractivity contribution in [2.75, 3.05) is 24.7 Å². The van der Waals surface area contributed by atoms with Gasteiger partial charge >= 0.3 is 0 Å². The fourth-order valence-corrected chi connectivity index (χ4v) is 3.34. The summed E-state index contributed by atoms with van der Waals surface area (Å²) in [6, 6.07) is 12.6. The molecule has 5 nitrogen and oxygen atoms in total. The zero-order valence-electron chi connectivity index (χ0n) is 15.3. The van der Waals surface area contributed by atoms with Crippen molar-refractivity contribution in [1.29, 1.82) is 0 Å². The van der Waals surface area contributed by atoms with Crippen molar-refractivity contribution in [1.82, 2.24) is 4.90 Å². The molecule has 0 saturated carbocycles. The Kier molecular flexibility index (Phi) is 5.52. The van der Waals surface area contributed by atoms with Gasteiger partial charge in [0.1, 0.15) is 0 Å². The molecule has 0 aliphatic rings. The lowest BCUT2D eigenvalue weighted by Gasteiger charge is -2.23. The SMILES string of the molecule is Cc1ccc(N(Cc2ccc(C(=O)N(C)C)cc2)S(C)(=O)=O)cc1C. The minimum absolute atomic E-state index is 0.0827. The average Bonchev–Trinajstić information content (AvgIpc) is 2.54.